The van der Waals surface area contributed by atoms with Crippen LogP contribution < -0.4 is 5.32 Å². The molecule has 0 saturated heterocycles. The van der Waals surface area contributed by atoms with Crippen LogP contribution >= 0.6 is 15.9 Å². The van der Waals surface area contributed by atoms with Crippen LogP contribution in [0, 0.1) is 10.1 Å². The van der Waals surface area contributed by atoms with E-state index < -0.39 is 17.5 Å². The van der Waals surface area contributed by atoms with E-state index in [1.807, 2.05) is 0 Å². The Morgan fingerprint density at radius 2 is 2.05 bits per heavy atom. The van der Waals surface area contributed by atoms with Crippen LogP contribution in [0.3, 0.4) is 0 Å². The van der Waals surface area contributed by atoms with Crippen molar-refractivity contribution >= 4 is 21.6 Å². The van der Waals surface area contributed by atoms with Crippen LogP contribution in [0.2, 0.25) is 0 Å². The van der Waals surface area contributed by atoms with Gasteiger partial charge in [-0.15, -0.1) is 0 Å². The maximum absolute atomic E-state index is 11.9. The summed E-state index contributed by atoms with van der Waals surface area (Å²) in [4.78, 5) is 10.2. The Kier molecular flexibility index (Phi) is 5.74. The van der Waals surface area contributed by atoms with Crippen LogP contribution in [0.5, 0.6) is 0 Å². The summed E-state index contributed by atoms with van der Waals surface area (Å²) in [6, 6.07) is 4.61. The van der Waals surface area contributed by atoms with Gasteiger partial charge in [-0.1, -0.05) is 6.07 Å². The Morgan fingerprint density at radius 1 is 1.37 bits per heavy atom. The summed E-state index contributed by atoms with van der Waals surface area (Å²) in [5.74, 6) is 0. The molecule has 8 heteroatoms. The zero-order chi connectivity index (χ0) is 14.5. The number of hydrogen-bond donors (Lipinski definition) is 1. The quantitative estimate of drug-likeness (QED) is 0.487. The second kappa shape index (κ2) is 6.85. The molecule has 0 aliphatic heterocycles. The fourth-order valence-corrected chi connectivity index (χ4v) is 1.85. The van der Waals surface area contributed by atoms with E-state index in [9.17, 15) is 23.3 Å². The molecule has 0 atom stereocenters. The first-order valence-electron chi connectivity index (χ1n) is 5.50. The van der Waals surface area contributed by atoms with Crippen LogP contribution in [-0.2, 0) is 6.54 Å². The summed E-state index contributed by atoms with van der Waals surface area (Å²) in [7, 11) is 0. The van der Waals surface area contributed by atoms with Crippen molar-refractivity contribution in [2.24, 2.45) is 0 Å². The van der Waals surface area contributed by atoms with E-state index in [4.69, 9.17) is 0 Å². The molecule has 19 heavy (non-hydrogen) atoms. The van der Waals surface area contributed by atoms with E-state index in [2.05, 4.69) is 21.2 Å². The van der Waals surface area contributed by atoms with Crippen LogP contribution in [0.4, 0.5) is 18.9 Å². The third kappa shape index (κ3) is 6.02. The first-order chi connectivity index (χ1) is 8.79. The number of nitro groups is 1. The molecule has 4 nitrogen and oxygen atoms in total. The van der Waals surface area contributed by atoms with Gasteiger partial charge in [-0.2, -0.15) is 13.2 Å². The molecule has 0 unspecified atom stereocenters. The summed E-state index contributed by atoms with van der Waals surface area (Å²) in [5.41, 5.74) is 0.594. The van der Waals surface area contributed by atoms with Crippen molar-refractivity contribution in [2.75, 3.05) is 6.54 Å². The highest BCUT2D eigenvalue weighted by molar-refractivity contribution is 9.10. The molecule has 0 fully saturated rings. The lowest BCUT2D eigenvalue weighted by Gasteiger charge is -2.07. The van der Waals surface area contributed by atoms with Crippen molar-refractivity contribution in [3.63, 3.8) is 0 Å². The standard InChI is InChI=1S/C11H12BrF3N2O2/c12-9-3-2-8(6-10(9)17(18)19)7-16-5-1-4-11(13,14)15/h2-3,6,16H,1,4-5,7H2. The van der Waals surface area contributed by atoms with Crippen molar-refractivity contribution in [1.82, 2.24) is 5.32 Å². The van der Waals surface area contributed by atoms with E-state index in [0.717, 1.165) is 0 Å². The first kappa shape index (κ1) is 15.9. The maximum atomic E-state index is 11.9. The second-order valence-corrected chi connectivity index (χ2v) is 4.79. The minimum Gasteiger partial charge on any atom is -0.313 e. The molecule has 0 aromatic heterocycles. The zero-order valence-corrected chi connectivity index (χ0v) is 11.4. The van der Waals surface area contributed by atoms with E-state index in [1.165, 1.54) is 6.07 Å². The largest absolute Gasteiger partial charge is 0.389 e. The third-order valence-electron chi connectivity index (χ3n) is 2.35. The van der Waals surface area contributed by atoms with E-state index in [1.54, 1.807) is 12.1 Å². The van der Waals surface area contributed by atoms with Crippen LogP contribution in [0.25, 0.3) is 0 Å². The highest BCUT2D eigenvalue weighted by atomic mass is 79.9. The summed E-state index contributed by atoms with van der Waals surface area (Å²) >= 11 is 3.06. The number of nitrogens with zero attached hydrogens (tertiary/aromatic N) is 1. The van der Waals surface area contributed by atoms with Gasteiger partial charge in [0.25, 0.3) is 5.69 Å². The molecule has 0 heterocycles. The Balaban J connectivity index is 2.42. The lowest BCUT2D eigenvalue weighted by Crippen LogP contribution is -2.17. The molecular weight excluding hydrogens is 329 g/mol. The highest BCUT2D eigenvalue weighted by Gasteiger charge is 2.25. The molecule has 0 aliphatic rings. The molecule has 106 valence electrons. The average Bonchev–Trinajstić information content (AvgIpc) is 2.29. The topological polar surface area (TPSA) is 55.2 Å². The lowest BCUT2D eigenvalue weighted by atomic mass is 10.2. The van der Waals surface area contributed by atoms with Gasteiger partial charge < -0.3 is 5.32 Å². The molecule has 0 amide bonds. The molecule has 0 aliphatic carbocycles. The average molecular weight is 341 g/mol. The Morgan fingerprint density at radius 3 is 2.63 bits per heavy atom. The van der Waals surface area contributed by atoms with E-state index >= 15 is 0 Å². The predicted octanol–water partition coefficient (Wildman–Crippen LogP) is 3.79. The van der Waals surface area contributed by atoms with Crippen LogP contribution in [-0.4, -0.2) is 17.6 Å². The monoisotopic (exact) mass is 340 g/mol. The molecule has 0 spiro atoms. The van der Waals surface area contributed by atoms with Gasteiger partial charge in [0, 0.05) is 19.0 Å². The summed E-state index contributed by atoms with van der Waals surface area (Å²) in [6.07, 6.45) is -4.99. The molecular formula is C11H12BrF3N2O2. The number of halogens is 4. The Bertz CT molecular complexity index is 452. The van der Waals surface area contributed by atoms with Crippen molar-refractivity contribution in [1.29, 1.82) is 0 Å². The molecule has 1 rings (SSSR count). The summed E-state index contributed by atoms with van der Waals surface area (Å²) < 4.78 is 36.0. The van der Waals surface area contributed by atoms with Gasteiger partial charge in [0.05, 0.1) is 9.40 Å². The number of nitro benzene ring substituents is 1. The maximum Gasteiger partial charge on any atom is 0.389 e. The van der Waals surface area contributed by atoms with Gasteiger partial charge in [0.15, 0.2) is 0 Å². The summed E-state index contributed by atoms with van der Waals surface area (Å²) in [6.45, 7) is 0.509. The molecule has 0 bridgehead atoms. The fourth-order valence-electron chi connectivity index (χ4n) is 1.45. The minimum atomic E-state index is -4.14. The fraction of sp³-hybridized carbons (Fsp3) is 0.455. The molecule has 1 aromatic carbocycles. The van der Waals surface area contributed by atoms with Crippen molar-refractivity contribution in [3.8, 4) is 0 Å². The second-order valence-electron chi connectivity index (χ2n) is 3.94. The van der Waals surface area contributed by atoms with Crippen LogP contribution in [0.1, 0.15) is 18.4 Å². The third-order valence-corrected chi connectivity index (χ3v) is 3.02. The SMILES string of the molecule is O=[N+]([O-])c1cc(CNCCCC(F)(F)F)ccc1Br. The van der Waals surface area contributed by atoms with E-state index in [0.29, 0.717) is 16.6 Å². The molecule has 0 radical (unpaired) electrons. The Hall–Kier alpha value is -1.15. The van der Waals surface area contributed by atoms with Gasteiger partial charge in [0.1, 0.15) is 0 Å². The minimum absolute atomic E-state index is 0.0118. The van der Waals surface area contributed by atoms with Crippen molar-refractivity contribution in [3.05, 3.63) is 38.3 Å². The lowest BCUT2D eigenvalue weighted by molar-refractivity contribution is -0.385. The molecule has 1 N–H and O–H groups in total. The number of alkyl halides is 3. The van der Waals surface area contributed by atoms with Crippen LogP contribution in [0.15, 0.2) is 22.7 Å². The number of hydrogen-bond acceptors (Lipinski definition) is 3. The van der Waals surface area contributed by atoms with Crippen molar-refractivity contribution < 1.29 is 18.1 Å². The number of benzene rings is 1. The molecule has 0 saturated carbocycles. The highest BCUT2D eigenvalue weighted by Crippen LogP contribution is 2.25. The van der Waals surface area contributed by atoms with E-state index in [-0.39, 0.29) is 18.7 Å². The van der Waals surface area contributed by atoms with Gasteiger partial charge in [0.2, 0.25) is 0 Å². The first-order valence-corrected chi connectivity index (χ1v) is 6.29. The van der Waals surface area contributed by atoms with Gasteiger partial charge in [-0.25, -0.2) is 0 Å². The number of rotatable bonds is 6. The van der Waals surface area contributed by atoms with Gasteiger partial charge >= 0.3 is 6.18 Å². The van der Waals surface area contributed by atoms with Crippen molar-refractivity contribution in [2.45, 2.75) is 25.6 Å². The predicted molar refractivity (Wildman–Crippen MR) is 67.8 cm³/mol. The Labute approximate surface area is 116 Å². The zero-order valence-electron chi connectivity index (χ0n) is 9.84. The number of nitrogens with one attached hydrogen (secondary N) is 1. The van der Waals surface area contributed by atoms with Gasteiger partial charge in [-0.05, 0) is 40.5 Å². The smallest absolute Gasteiger partial charge is 0.313 e. The normalized spacial score (nSPS) is 11.6. The summed E-state index contributed by atoms with van der Waals surface area (Å²) in [5, 5.41) is 13.5. The molecule has 1 aromatic rings. The van der Waals surface area contributed by atoms with Gasteiger partial charge in [-0.3, -0.25) is 10.1 Å².